The van der Waals surface area contributed by atoms with Crippen molar-refractivity contribution in [2.24, 2.45) is 0 Å². The van der Waals surface area contributed by atoms with Crippen molar-refractivity contribution in [1.29, 1.82) is 0 Å². The standard InChI is InChI=1S/C13H11FN2O4S/c14-9-5-2-1-4-8(9)11-10(13(17)18)12-16(15-11)6-3-7-21(12,19)20/h1-2,4-5H,3,6-7H2,(H,17,18). The predicted molar refractivity (Wildman–Crippen MR) is 71.3 cm³/mol. The van der Waals surface area contributed by atoms with Gasteiger partial charge in [-0.15, -0.1) is 0 Å². The normalized spacial score (nSPS) is 16.4. The van der Waals surface area contributed by atoms with Crippen LogP contribution in [0.1, 0.15) is 16.8 Å². The van der Waals surface area contributed by atoms with Crippen LogP contribution in [0.25, 0.3) is 11.3 Å². The van der Waals surface area contributed by atoms with Gasteiger partial charge in [0.25, 0.3) is 0 Å². The van der Waals surface area contributed by atoms with Gasteiger partial charge < -0.3 is 5.11 Å². The molecule has 2 aromatic rings. The summed E-state index contributed by atoms with van der Waals surface area (Å²) in [5.41, 5.74) is -0.632. The lowest BCUT2D eigenvalue weighted by Gasteiger charge is -2.13. The smallest absolute Gasteiger partial charge is 0.340 e. The van der Waals surface area contributed by atoms with Crippen LogP contribution in [0, 0.1) is 5.82 Å². The highest BCUT2D eigenvalue weighted by Gasteiger charge is 2.35. The number of halogens is 1. The Morgan fingerprint density at radius 3 is 2.71 bits per heavy atom. The van der Waals surface area contributed by atoms with E-state index >= 15 is 0 Å². The van der Waals surface area contributed by atoms with Crippen molar-refractivity contribution in [3.63, 3.8) is 0 Å². The molecule has 1 aliphatic rings. The van der Waals surface area contributed by atoms with E-state index in [-0.39, 0.29) is 22.0 Å². The average molecular weight is 310 g/mol. The second-order valence-corrected chi connectivity index (χ2v) is 6.73. The van der Waals surface area contributed by atoms with Gasteiger partial charge in [-0.25, -0.2) is 17.6 Å². The van der Waals surface area contributed by atoms with Gasteiger partial charge in [-0.3, -0.25) is 4.68 Å². The number of rotatable bonds is 2. The predicted octanol–water partition coefficient (Wildman–Crippen LogP) is 1.56. The lowest BCUT2D eigenvalue weighted by atomic mass is 10.1. The molecule has 0 saturated carbocycles. The fourth-order valence-corrected chi connectivity index (χ4v) is 4.10. The quantitative estimate of drug-likeness (QED) is 0.909. The average Bonchev–Trinajstić information content (AvgIpc) is 2.80. The Morgan fingerprint density at radius 2 is 2.05 bits per heavy atom. The number of carboxylic acid groups (broad SMARTS) is 1. The SMILES string of the molecule is O=C(O)c1c(-c2ccccc2F)nn2c1S(=O)(=O)CCC2. The first kappa shape index (κ1) is 13.7. The van der Waals surface area contributed by atoms with Gasteiger partial charge in [0, 0.05) is 12.1 Å². The van der Waals surface area contributed by atoms with Gasteiger partial charge in [-0.05, 0) is 18.6 Å². The first-order valence-electron chi connectivity index (χ1n) is 6.23. The number of aromatic carboxylic acids is 1. The van der Waals surface area contributed by atoms with Gasteiger partial charge in [0.05, 0.1) is 5.75 Å². The number of hydrogen-bond donors (Lipinski definition) is 1. The number of sulfone groups is 1. The topological polar surface area (TPSA) is 89.3 Å². The molecule has 1 N–H and O–H groups in total. The summed E-state index contributed by atoms with van der Waals surface area (Å²) in [4.78, 5) is 11.5. The maximum atomic E-state index is 13.9. The van der Waals surface area contributed by atoms with Gasteiger partial charge in [-0.2, -0.15) is 5.10 Å². The van der Waals surface area contributed by atoms with E-state index in [1.807, 2.05) is 0 Å². The Balaban J connectivity index is 2.36. The van der Waals surface area contributed by atoms with Crippen molar-refractivity contribution in [3.05, 3.63) is 35.6 Å². The molecule has 6 nitrogen and oxygen atoms in total. The van der Waals surface area contributed by atoms with Crippen molar-refractivity contribution in [1.82, 2.24) is 9.78 Å². The molecule has 0 atom stereocenters. The fourth-order valence-electron chi connectivity index (χ4n) is 2.45. The maximum absolute atomic E-state index is 13.9. The summed E-state index contributed by atoms with van der Waals surface area (Å²) in [5, 5.41) is 13.0. The van der Waals surface area contributed by atoms with Crippen molar-refractivity contribution in [2.75, 3.05) is 5.75 Å². The Hall–Kier alpha value is -2.22. The zero-order valence-electron chi connectivity index (χ0n) is 10.8. The van der Waals surface area contributed by atoms with Crippen molar-refractivity contribution >= 4 is 15.8 Å². The third kappa shape index (κ3) is 2.11. The van der Waals surface area contributed by atoms with Crippen LogP contribution in [0.5, 0.6) is 0 Å². The number of carboxylic acids is 1. The molecule has 21 heavy (non-hydrogen) atoms. The van der Waals surface area contributed by atoms with Crippen LogP contribution >= 0.6 is 0 Å². The molecule has 0 unspecified atom stereocenters. The highest BCUT2D eigenvalue weighted by Crippen LogP contribution is 2.32. The van der Waals surface area contributed by atoms with Crippen LogP contribution in [-0.4, -0.2) is 35.0 Å². The van der Waals surface area contributed by atoms with E-state index in [0.29, 0.717) is 13.0 Å². The molecule has 0 fully saturated rings. The summed E-state index contributed by atoms with van der Waals surface area (Å²) in [6.45, 7) is 0.295. The van der Waals surface area contributed by atoms with E-state index in [1.165, 1.54) is 24.3 Å². The largest absolute Gasteiger partial charge is 0.478 e. The number of fused-ring (bicyclic) bond motifs is 1. The molecule has 0 amide bonds. The molecule has 110 valence electrons. The second kappa shape index (κ2) is 4.66. The number of nitrogens with zero attached hydrogens (tertiary/aromatic N) is 2. The van der Waals surface area contributed by atoms with Gasteiger partial charge in [0.1, 0.15) is 17.1 Å². The van der Waals surface area contributed by atoms with E-state index in [1.54, 1.807) is 0 Å². The van der Waals surface area contributed by atoms with Crippen LogP contribution in [0.15, 0.2) is 29.3 Å². The summed E-state index contributed by atoms with van der Waals surface area (Å²) in [6, 6.07) is 5.55. The molecule has 0 saturated heterocycles. The Labute approximate surface area is 119 Å². The molecule has 0 spiro atoms. The van der Waals surface area contributed by atoms with Crippen LogP contribution in [0.3, 0.4) is 0 Å². The van der Waals surface area contributed by atoms with E-state index in [0.717, 1.165) is 4.68 Å². The van der Waals surface area contributed by atoms with E-state index in [9.17, 15) is 22.7 Å². The molecule has 3 rings (SSSR count). The highest BCUT2D eigenvalue weighted by atomic mass is 32.2. The molecular formula is C13H11FN2O4S. The zero-order chi connectivity index (χ0) is 15.2. The highest BCUT2D eigenvalue weighted by molar-refractivity contribution is 7.91. The van der Waals surface area contributed by atoms with E-state index in [4.69, 9.17) is 0 Å². The summed E-state index contributed by atoms with van der Waals surface area (Å²) in [6.07, 6.45) is 0.354. The number of benzene rings is 1. The van der Waals surface area contributed by atoms with Crippen LogP contribution in [0.2, 0.25) is 0 Å². The van der Waals surface area contributed by atoms with Gasteiger partial charge in [0.2, 0.25) is 0 Å². The molecule has 8 heteroatoms. The first-order chi connectivity index (χ1) is 9.92. The van der Waals surface area contributed by atoms with Crippen molar-refractivity contribution in [2.45, 2.75) is 18.0 Å². The summed E-state index contributed by atoms with van der Waals surface area (Å²) in [7, 11) is -3.72. The van der Waals surface area contributed by atoms with E-state index < -0.39 is 27.2 Å². The monoisotopic (exact) mass is 310 g/mol. The summed E-state index contributed by atoms with van der Waals surface area (Å²) >= 11 is 0. The zero-order valence-corrected chi connectivity index (χ0v) is 11.6. The molecule has 0 bridgehead atoms. The minimum atomic E-state index is -3.72. The summed E-state index contributed by atoms with van der Waals surface area (Å²) in [5.74, 6) is -2.21. The first-order valence-corrected chi connectivity index (χ1v) is 7.89. The number of carbonyl (C=O) groups is 1. The Bertz CT molecular complexity index is 842. The van der Waals surface area contributed by atoms with Crippen molar-refractivity contribution in [3.8, 4) is 11.3 Å². The third-order valence-electron chi connectivity index (χ3n) is 3.33. The lowest BCUT2D eigenvalue weighted by molar-refractivity contribution is 0.0692. The number of aryl methyl sites for hydroxylation is 1. The van der Waals surface area contributed by atoms with Gasteiger partial charge in [-0.1, -0.05) is 12.1 Å². The third-order valence-corrected chi connectivity index (χ3v) is 5.16. The molecular weight excluding hydrogens is 299 g/mol. The molecule has 1 aromatic carbocycles. The second-order valence-electron chi connectivity index (χ2n) is 4.71. The summed E-state index contributed by atoms with van der Waals surface area (Å²) < 4.78 is 39.2. The lowest BCUT2D eigenvalue weighted by Crippen LogP contribution is -2.23. The van der Waals surface area contributed by atoms with Crippen LogP contribution in [0.4, 0.5) is 4.39 Å². The molecule has 0 radical (unpaired) electrons. The molecule has 1 aliphatic heterocycles. The Kier molecular flexibility index (Phi) is 3.05. The molecule has 1 aromatic heterocycles. The molecule has 0 aliphatic carbocycles. The number of hydrogen-bond acceptors (Lipinski definition) is 4. The maximum Gasteiger partial charge on any atom is 0.340 e. The van der Waals surface area contributed by atoms with Crippen molar-refractivity contribution < 1.29 is 22.7 Å². The minimum Gasteiger partial charge on any atom is -0.478 e. The van der Waals surface area contributed by atoms with Crippen LogP contribution in [-0.2, 0) is 16.4 Å². The van der Waals surface area contributed by atoms with Crippen LogP contribution < -0.4 is 0 Å². The van der Waals surface area contributed by atoms with E-state index in [2.05, 4.69) is 5.10 Å². The van der Waals surface area contributed by atoms with Gasteiger partial charge >= 0.3 is 5.97 Å². The van der Waals surface area contributed by atoms with Gasteiger partial charge in [0.15, 0.2) is 14.9 Å². The fraction of sp³-hybridized carbons (Fsp3) is 0.231. The Morgan fingerprint density at radius 1 is 1.33 bits per heavy atom. The minimum absolute atomic E-state index is 0.0213. The number of aromatic nitrogens is 2. The molecule has 2 heterocycles.